The number of para-hydroxylation sites is 1. The molecule has 0 aliphatic carbocycles. The molecule has 0 atom stereocenters. The zero-order valence-corrected chi connectivity index (χ0v) is 25.9. The van der Waals surface area contributed by atoms with E-state index in [1.165, 1.54) is 11.1 Å². The van der Waals surface area contributed by atoms with Crippen LogP contribution >= 0.6 is 0 Å². The summed E-state index contributed by atoms with van der Waals surface area (Å²) in [7, 11) is 0. The van der Waals surface area contributed by atoms with E-state index in [4.69, 9.17) is 20.4 Å². The highest BCUT2D eigenvalue weighted by atomic mass is 16.4. The van der Waals surface area contributed by atoms with Crippen molar-refractivity contribution in [2.24, 2.45) is 0 Å². The van der Waals surface area contributed by atoms with Crippen molar-refractivity contribution in [2.45, 2.75) is 64.0 Å². The minimum atomic E-state index is -2.74. The van der Waals surface area contributed by atoms with Crippen molar-refractivity contribution in [3.05, 3.63) is 102 Å². The summed E-state index contributed by atoms with van der Waals surface area (Å²) in [6.07, 6.45) is 1.47. The fourth-order valence-corrected chi connectivity index (χ4v) is 4.90. The van der Waals surface area contributed by atoms with Crippen LogP contribution in [0.3, 0.4) is 0 Å². The van der Waals surface area contributed by atoms with Crippen LogP contribution in [0.1, 0.15) is 50.2 Å². The fraction of sp³-hybridized carbons (Fsp3) is 0.371. The molecule has 3 aromatic rings. The topological polar surface area (TPSA) is 156 Å². The van der Waals surface area contributed by atoms with E-state index in [0.29, 0.717) is 12.5 Å². The highest BCUT2D eigenvalue weighted by Crippen LogP contribution is 2.24. The molecule has 10 heteroatoms. The standard InChI is InChI=1S/C22H28N2O.C7H8.C6H8O7/c1-2-22(25)24(20-11-7-4-8-12-20)21-14-17-23(18-15-21)16-13-19-9-5-3-6-10-19;1-7-5-3-2-4-6-7;7-3(8)1-6(13,5(11)12)2-4(9)10/h3-12,21H,2,13-18H2,1H3;2-6H,1H3;13H,1-2H2,(H,7,8)(H,9,10)(H,11,12). The molecule has 1 heterocycles. The van der Waals surface area contributed by atoms with Crippen LogP contribution in [0.4, 0.5) is 5.69 Å². The molecular formula is C35H44N2O8. The maximum absolute atomic E-state index is 12.5. The molecule has 1 amide bonds. The van der Waals surface area contributed by atoms with Gasteiger partial charge in [-0.1, -0.05) is 91.3 Å². The Morgan fingerprint density at radius 3 is 1.64 bits per heavy atom. The van der Waals surface area contributed by atoms with Crippen LogP contribution in [0.2, 0.25) is 0 Å². The molecule has 4 rings (SSSR count). The summed E-state index contributed by atoms with van der Waals surface area (Å²) in [5, 5.41) is 33.8. The molecule has 4 N–H and O–H groups in total. The summed E-state index contributed by atoms with van der Waals surface area (Å²) < 4.78 is 0. The quantitative estimate of drug-likeness (QED) is 0.235. The molecule has 0 saturated carbocycles. The van der Waals surface area contributed by atoms with Gasteiger partial charge >= 0.3 is 17.9 Å². The van der Waals surface area contributed by atoms with Gasteiger partial charge in [0.2, 0.25) is 5.91 Å². The summed E-state index contributed by atoms with van der Waals surface area (Å²) in [6.45, 7) is 7.27. The van der Waals surface area contributed by atoms with Gasteiger partial charge in [0.15, 0.2) is 5.60 Å². The lowest BCUT2D eigenvalue weighted by atomic mass is 9.96. The van der Waals surface area contributed by atoms with Crippen LogP contribution in [0.15, 0.2) is 91.0 Å². The summed E-state index contributed by atoms with van der Waals surface area (Å²) in [4.78, 5) is 47.6. The van der Waals surface area contributed by atoms with Crippen molar-refractivity contribution in [1.82, 2.24) is 4.90 Å². The lowest BCUT2D eigenvalue weighted by Gasteiger charge is -2.38. The van der Waals surface area contributed by atoms with Gasteiger partial charge < -0.3 is 30.2 Å². The van der Waals surface area contributed by atoms with Crippen molar-refractivity contribution in [3.8, 4) is 0 Å². The molecule has 45 heavy (non-hydrogen) atoms. The number of anilines is 1. The maximum atomic E-state index is 12.5. The molecule has 1 aliphatic rings. The number of piperidine rings is 1. The number of carboxylic acid groups (broad SMARTS) is 3. The minimum absolute atomic E-state index is 0.230. The summed E-state index contributed by atoms with van der Waals surface area (Å²) in [5.74, 6) is -4.79. The predicted molar refractivity (Wildman–Crippen MR) is 172 cm³/mol. The summed E-state index contributed by atoms with van der Waals surface area (Å²) in [6, 6.07) is 31.4. The highest BCUT2D eigenvalue weighted by molar-refractivity contribution is 5.93. The van der Waals surface area contributed by atoms with E-state index < -0.39 is 36.4 Å². The second-order valence-corrected chi connectivity index (χ2v) is 10.9. The van der Waals surface area contributed by atoms with Crippen LogP contribution in [-0.4, -0.2) is 80.4 Å². The highest BCUT2D eigenvalue weighted by Gasteiger charge is 2.40. The molecule has 0 bridgehead atoms. The number of hydrogen-bond acceptors (Lipinski definition) is 6. The third-order valence-corrected chi connectivity index (χ3v) is 7.31. The molecule has 0 unspecified atom stereocenters. The van der Waals surface area contributed by atoms with Crippen LogP contribution < -0.4 is 4.90 Å². The zero-order chi connectivity index (χ0) is 33.2. The number of benzene rings is 3. The number of carboxylic acids is 3. The Bertz CT molecular complexity index is 1310. The third-order valence-electron chi connectivity index (χ3n) is 7.31. The van der Waals surface area contributed by atoms with E-state index in [1.54, 1.807) is 0 Å². The average molecular weight is 621 g/mol. The molecule has 242 valence electrons. The number of aryl methyl sites for hydroxylation is 1. The second-order valence-electron chi connectivity index (χ2n) is 10.9. The number of rotatable bonds is 11. The lowest BCUT2D eigenvalue weighted by molar-refractivity contribution is -0.170. The molecule has 0 aromatic heterocycles. The number of likely N-dealkylation sites (tertiary alicyclic amines) is 1. The number of nitrogens with zero attached hydrogens (tertiary/aromatic N) is 2. The normalized spacial score (nSPS) is 13.3. The van der Waals surface area contributed by atoms with Gasteiger partial charge in [-0.15, -0.1) is 0 Å². The first-order valence-electron chi connectivity index (χ1n) is 15.0. The molecule has 1 saturated heterocycles. The van der Waals surface area contributed by atoms with Gasteiger partial charge in [0.1, 0.15) is 0 Å². The molecule has 0 spiro atoms. The Kier molecular flexibility index (Phi) is 15.5. The molecular weight excluding hydrogens is 576 g/mol. The Labute approximate surface area is 264 Å². The maximum Gasteiger partial charge on any atom is 0.336 e. The van der Waals surface area contributed by atoms with Gasteiger partial charge in [-0.2, -0.15) is 0 Å². The first kappa shape index (κ1) is 36.7. The third kappa shape index (κ3) is 13.3. The Morgan fingerprint density at radius 2 is 1.24 bits per heavy atom. The van der Waals surface area contributed by atoms with Gasteiger partial charge in [0.05, 0.1) is 12.8 Å². The number of amides is 1. The van der Waals surface area contributed by atoms with Crippen molar-refractivity contribution in [3.63, 3.8) is 0 Å². The number of carbonyl (C=O) groups is 4. The van der Waals surface area contributed by atoms with Gasteiger partial charge in [-0.3, -0.25) is 14.4 Å². The molecule has 0 radical (unpaired) electrons. The minimum Gasteiger partial charge on any atom is -0.481 e. The molecule has 3 aromatic carbocycles. The Hall–Kier alpha value is -4.54. The van der Waals surface area contributed by atoms with E-state index in [0.717, 1.165) is 44.6 Å². The van der Waals surface area contributed by atoms with Crippen LogP contribution in [0.5, 0.6) is 0 Å². The summed E-state index contributed by atoms with van der Waals surface area (Å²) >= 11 is 0. The van der Waals surface area contributed by atoms with E-state index in [-0.39, 0.29) is 5.91 Å². The van der Waals surface area contributed by atoms with Gasteiger partial charge in [0.25, 0.3) is 0 Å². The van der Waals surface area contributed by atoms with Crippen LogP contribution in [0, 0.1) is 6.92 Å². The first-order chi connectivity index (χ1) is 21.4. The Balaban J connectivity index is 0.000000293. The lowest BCUT2D eigenvalue weighted by Crippen LogP contribution is -2.47. The predicted octanol–water partition coefficient (Wildman–Crippen LogP) is 4.88. The van der Waals surface area contributed by atoms with Gasteiger partial charge in [0, 0.05) is 37.8 Å². The average Bonchev–Trinajstić information content (AvgIpc) is 3.02. The Morgan fingerprint density at radius 1 is 0.778 bits per heavy atom. The van der Waals surface area contributed by atoms with Crippen molar-refractivity contribution in [2.75, 3.05) is 24.5 Å². The number of carbonyl (C=O) groups excluding carboxylic acids is 1. The molecule has 10 nitrogen and oxygen atoms in total. The van der Waals surface area contributed by atoms with Gasteiger partial charge in [-0.05, 0) is 43.9 Å². The molecule has 1 aliphatic heterocycles. The number of aliphatic hydroxyl groups is 1. The SMILES string of the molecule is CCC(=O)N(c1ccccc1)C1CCN(CCc2ccccc2)CC1.Cc1ccccc1.O=C(O)CC(O)(CC(=O)O)C(=O)O. The fourth-order valence-electron chi connectivity index (χ4n) is 4.90. The van der Waals surface area contributed by atoms with Crippen molar-refractivity contribution in [1.29, 1.82) is 0 Å². The van der Waals surface area contributed by atoms with Crippen molar-refractivity contribution < 1.29 is 39.6 Å². The van der Waals surface area contributed by atoms with E-state index >= 15 is 0 Å². The zero-order valence-electron chi connectivity index (χ0n) is 25.9. The van der Waals surface area contributed by atoms with Gasteiger partial charge in [-0.25, -0.2) is 4.79 Å². The van der Waals surface area contributed by atoms with E-state index in [1.807, 2.05) is 48.2 Å². The van der Waals surface area contributed by atoms with E-state index in [2.05, 4.69) is 66.4 Å². The largest absolute Gasteiger partial charge is 0.481 e. The van der Waals surface area contributed by atoms with Crippen LogP contribution in [0.25, 0.3) is 0 Å². The summed E-state index contributed by atoms with van der Waals surface area (Å²) in [5.41, 5.74) is 1.02. The first-order valence-corrected chi connectivity index (χ1v) is 15.0. The van der Waals surface area contributed by atoms with E-state index in [9.17, 15) is 19.2 Å². The van der Waals surface area contributed by atoms with Crippen molar-refractivity contribution >= 4 is 29.5 Å². The number of hydrogen-bond donors (Lipinski definition) is 4. The monoisotopic (exact) mass is 620 g/mol. The molecule has 1 fully saturated rings. The second kappa shape index (κ2) is 19.0. The number of aliphatic carboxylic acids is 3. The van der Waals surface area contributed by atoms with Crippen LogP contribution in [-0.2, 0) is 25.6 Å². The smallest absolute Gasteiger partial charge is 0.336 e.